The van der Waals surface area contributed by atoms with Gasteiger partial charge in [0.1, 0.15) is 12.4 Å². The zero-order valence-corrected chi connectivity index (χ0v) is 15.6. The number of carbonyl (C=O) groups excluding carboxylic acids is 2. The van der Waals surface area contributed by atoms with E-state index in [1.807, 2.05) is 13.8 Å². The van der Waals surface area contributed by atoms with Crippen LogP contribution in [-0.2, 0) is 11.3 Å². The zero-order chi connectivity index (χ0) is 18.4. The average Bonchev–Trinajstić information content (AvgIpc) is 2.61. The first kappa shape index (κ1) is 21.6. The van der Waals surface area contributed by atoms with Crippen molar-refractivity contribution < 1.29 is 14.0 Å². The fraction of sp³-hybridized carbons (Fsp3) is 0.263. The highest BCUT2D eigenvalue weighted by molar-refractivity contribution is 5.99. The molecule has 0 saturated heterocycles. The van der Waals surface area contributed by atoms with E-state index in [9.17, 15) is 14.0 Å². The first-order valence-electron chi connectivity index (χ1n) is 8.06. The van der Waals surface area contributed by atoms with Gasteiger partial charge in [-0.05, 0) is 55.8 Å². The third-order valence-corrected chi connectivity index (χ3v) is 3.76. The molecule has 26 heavy (non-hydrogen) atoms. The van der Waals surface area contributed by atoms with Crippen LogP contribution in [0.25, 0.3) is 0 Å². The smallest absolute Gasteiger partial charge is 0.254 e. The molecule has 7 heteroatoms. The van der Waals surface area contributed by atoms with Gasteiger partial charge >= 0.3 is 0 Å². The van der Waals surface area contributed by atoms with E-state index in [2.05, 4.69) is 5.32 Å². The Morgan fingerprint density at radius 1 is 1.08 bits per heavy atom. The van der Waals surface area contributed by atoms with Crippen LogP contribution >= 0.6 is 12.4 Å². The lowest BCUT2D eigenvalue weighted by molar-refractivity contribution is -0.117. The average molecular weight is 380 g/mol. The van der Waals surface area contributed by atoms with E-state index < -0.39 is 0 Å². The molecule has 2 aromatic rings. The van der Waals surface area contributed by atoms with E-state index in [1.165, 1.54) is 29.2 Å². The molecule has 140 valence electrons. The molecule has 0 aromatic heterocycles. The van der Waals surface area contributed by atoms with Gasteiger partial charge in [0.25, 0.3) is 5.91 Å². The molecule has 0 saturated carbocycles. The van der Waals surface area contributed by atoms with Gasteiger partial charge in [0.2, 0.25) is 5.91 Å². The summed E-state index contributed by atoms with van der Waals surface area (Å²) in [5, 5.41) is 2.66. The number of carbonyl (C=O) groups is 2. The van der Waals surface area contributed by atoms with Crippen molar-refractivity contribution in [1.29, 1.82) is 0 Å². The van der Waals surface area contributed by atoms with Crippen LogP contribution in [0.5, 0.6) is 0 Å². The first-order chi connectivity index (χ1) is 11.9. The molecule has 0 unspecified atom stereocenters. The summed E-state index contributed by atoms with van der Waals surface area (Å²) >= 11 is 0. The Bertz CT molecular complexity index is 733. The van der Waals surface area contributed by atoms with Gasteiger partial charge in [-0.3, -0.25) is 9.59 Å². The highest BCUT2D eigenvalue weighted by Crippen LogP contribution is 2.12. The van der Waals surface area contributed by atoms with Gasteiger partial charge in [0, 0.05) is 23.8 Å². The van der Waals surface area contributed by atoms with Crippen molar-refractivity contribution in [1.82, 2.24) is 4.90 Å². The van der Waals surface area contributed by atoms with Gasteiger partial charge in [0.05, 0.1) is 0 Å². The van der Waals surface area contributed by atoms with Crippen LogP contribution in [0, 0.1) is 5.82 Å². The lowest BCUT2D eigenvalue weighted by Gasteiger charge is -2.26. The monoisotopic (exact) mass is 379 g/mol. The minimum atomic E-state index is -0.377. The lowest BCUT2D eigenvalue weighted by atomic mass is 10.1. The van der Waals surface area contributed by atoms with Crippen LogP contribution in [0.2, 0.25) is 0 Å². The van der Waals surface area contributed by atoms with E-state index in [1.54, 1.807) is 24.3 Å². The number of nitrogens with two attached hydrogens (primary N) is 1. The summed E-state index contributed by atoms with van der Waals surface area (Å²) in [5.41, 5.74) is 7.47. The summed E-state index contributed by atoms with van der Waals surface area (Å²) in [6, 6.07) is 12.3. The van der Waals surface area contributed by atoms with E-state index in [0.29, 0.717) is 17.8 Å². The van der Waals surface area contributed by atoms with Crippen LogP contribution < -0.4 is 11.1 Å². The molecular weight excluding hydrogens is 357 g/mol. The van der Waals surface area contributed by atoms with Gasteiger partial charge in [-0.2, -0.15) is 0 Å². The zero-order valence-electron chi connectivity index (χ0n) is 14.7. The van der Waals surface area contributed by atoms with Gasteiger partial charge in [-0.25, -0.2) is 4.39 Å². The molecule has 5 nitrogen and oxygen atoms in total. The van der Waals surface area contributed by atoms with Crippen molar-refractivity contribution >= 4 is 29.9 Å². The van der Waals surface area contributed by atoms with Gasteiger partial charge in [-0.1, -0.05) is 12.1 Å². The second kappa shape index (κ2) is 9.89. The van der Waals surface area contributed by atoms with Gasteiger partial charge < -0.3 is 16.0 Å². The molecule has 0 aliphatic heterocycles. The fourth-order valence-electron chi connectivity index (χ4n) is 2.33. The molecule has 2 aromatic carbocycles. The maximum atomic E-state index is 12.9. The normalized spacial score (nSPS) is 10.2. The molecule has 0 aliphatic rings. The molecule has 3 N–H and O–H groups in total. The van der Waals surface area contributed by atoms with Crippen molar-refractivity contribution in [3.05, 3.63) is 65.5 Å². The third kappa shape index (κ3) is 5.82. The maximum Gasteiger partial charge on any atom is 0.254 e. The molecule has 0 aliphatic carbocycles. The lowest BCUT2D eigenvalue weighted by Crippen LogP contribution is -2.42. The minimum absolute atomic E-state index is 0. The number of halogens is 2. The highest BCUT2D eigenvalue weighted by atomic mass is 35.5. The van der Waals surface area contributed by atoms with Crippen LogP contribution in [0.4, 0.5) is 10.1 Å². The summed E-state index contributed by atoms with van der Waals surface area (Å²) in [5.74, 6) is -0.946. The largest absolute Gasteiger partial charge is 0.327 e. The molecular formula is C19H23ClFN3O2. The number of rotatable bonds is 6. The predicted molar refractivity (Wildman–Crippen MR) is 103 cm³/mol. The Morgan fingerprint density at radius 3 is 2.15 bits per heavy atom. The summed E-state index contributed by atoms with van der Waals surface area (Å²) in [6.07, 6.45) is 0. The van der Waals surface area contributed by atoms with Crippen molar-refractivity contribution in [3.8, 4) is 0 Å². The highest BCUT2D eigenvalue weighted by Gasteiger charge is 2.21. The maximum absolute atomic E-state index is 12.9. The standard InChI is InChI=1S/C19H22FN3O2.ClH/c1-13(2)23(19(25)15-5-3-14(11-21)4-6-15)12-18(24)22-17-9-7-16(20)8-10-17;/h3-10,13H,11-12,21H2,1-2H3,(H,22,24);1H. The summed E-state index contributed by atoms with van der Waals surface area (Å²) in [6.45, 7) is 4.00. The van der Waals surface area contributed by atoms with Crippen LogP contribution in [0.1, 0.15) is 29.8 Å². The second-order valence-electron chi connectivity index (χ2n) is 5.98. The van der Waals surface area contributed by atoms with Gasteiger partial charge in [-0.15, -0.1) is 12.4 Å². The van der Waals surface area contributed by atoms with Gasteiger partial charge in [0.15, 0.2) is 0 Å². The van der Waals surface area contributed by atoms with Crippen molar-refractivity contribution in [2.45, 2.75) is 26.4 Å². The molecule has 0 spiro atoms. The summed E-state index contributed by atoms with van der Waals surface area (Å²) < 4.78 is 12.9. The van der Waals surface area contributed by atoms with Crippen LogP contribution in [0.15, 0.2) is 48.5 Å². The molecule has 0 heterocycles. The van der Waals surface area contributed by atoms with E-state index in [-0.39, 0.29) is 42.6 Å². The Hall–Kier alpha value is -2.44. The number of nitrogens with one attached hydrogen (secondary N) is 1. The molecule has 0 bridgehead atoms. The second-order valence-corrected chi connectivity index (χ2v) is 5.98. The quantitative estimate of drug-likeness (QED) is 0.809. The summed E-state index contributed by atoms with van der Waals surface area (Å²) in [4.78, 5) is 26.4. The van der Waals surface area contributed by atoms with E-state index in [0.717, 1.165) is 5.56 Å². The Balaban J connectivity index is 0.00000338. The van der Waals surface area contributed by atoms with Crippen LogP contribution in [0.3, 0.4) is 0 Å². The summed E-state index contributed by atoms with van der Waals surface area (Å²) in [7, 11) is 0. The topological polar surface area (TPSA) is 75.4 Å². The Morgan fingerprint density at radius 2 is 1.65 bits per heavy atom. The van der Waals surface area contributed by atoms with E-state index in [4.69, 9.17) is 5.73 Å². The third-order valence-electron chi connectivity index (χ3n) is 3.76. The number of nitrogens with zero attached hydrogens (tertiary/aromatic N) is 1. The number of anilines is 1. The Labute approximate surface area is 158 Å². The number of hydrogen-bond acceptors (Lipinski definition) is 3. The SMILES string of the molecule is CC(C)N(CC(=O)Nc1ccc(F)cc1)C(=O)c1ccc(CN)cc1.Cl. The molecule has 2 amide bonds. The van der Waals surface area contributed by atoms with Crippen LogP contribution in [-0.4, -0.2) is 29.3 Å². The van der Waals surface area contributed by atoms with Crippen molar-refractivity contribution in [3.63, 3.8) is 0 Å². The number of benzene rings is 2. The Kier molecular flexibility index (Phi) is 8.22. The number of amides is 2. The molecule has 0 atom stereocenters. The number of hydrogen-bond donors (Lipinski definition) is 2. The minimum Gasteiger partial charge on any atom is -0.327 e. The van der Waals surface area contributed by atoms with Crippen molar-refractivity contribution in [2.75, 3.05) is 11.9 Å². The first-order valence-corrected chi connectivity index (χ1v) is 8.06. The molecule has 0 fully saturated rings. The fourth-order valence-corrected chi connectivity index (χ4v) is 2.33. The molecule has 0 radical (unpaired) electrons. The van der Waals surface area contributed by atoms with E-state index >= 15 is 0 Å². The predicted octanol–water partition coefficient (Wildman–Crippen LogP) is 3.20. The molecule has 2 rings (SSSR count). The van der Waals surface area contributed by atoms with Crippen molar-refractivity contribution in [2.24, 2.45) is 5.73 Å².